The Kier molecular flexibility index (Phi) is 4.29. The van der Waals surface area contributed by atoms with Crippen molar-refractivity contribution >= 4 is 5.95 Å². The van der Waals surface area contributed by atoms with Crippen LogP contribution in [0.1, 0.15) is 36.9 Å². The Balaban J connectivity index is 1.28. The maximum absolute atomic E-state index is 5.34. The minimum Gasteiger partial charge on any atom is -0.347 e. The van der Waals surface area contributed by atoms with Gasteiger partial charge in [0.2, 0.25) is 11.8 Å². The number of anilines is 1. The molecule has 0 aliphatic heterocycles. The Morgan fingerprint density at radius 3 is 2.82 bits per heavy atom. The molecule has 3 heterocycles. The quantitative estimate of drug-likeness (QED) is 0.552. The Labute approximate surface area is 161 Å². The van der Waals surface area contributed by atoms with Gasteiger partial charge in [-0.1, -0.05) is 29.8 Å². The fourth-order valence-electron chi connectivity index (χ4n) is 3.10. The zero-order valence-corrected chi connectivity index (χ0v) is 15.2. The smallest absolute Gasteiger partial charge is 0.229 e. The van der Waals surface area contributed by atoms with Crippen LogP contribution in [0.5, 0.6) is 0 Å². The molecule has 1 aromatic carbocycles. The highest BCUT2D eigenvalue weighted by Crippen LogP contribution is 2.35. The molecule has 1 N–H and O–H groups in total. The van der Waals surface area contributed by atoms with Gasteiger partial charge in [-0.25, -0.2) is 14.6 Å². The number of hydrogen-bond donors (Lipinski definition) is 1. The Bertz CT molecular complexity index is 1070. The van der Waals surface area contributed by atoms with E-state index in [9.17, 15) is 0 Å². The van der Waals surface area contributed by atoms with Gasteiger partial charge in [-0.3, -0.25) is 0 Å². The van der Waals surface area contributed by atoms with Crippen LogP contribution in [0.2, 0.25) is 0 Å². The van der Waals surface area contributed by atoms with Gasteiger partial charge < -0.3 is 9.84 Å². The molecule has 0 bridgehead atoms. The molecule has 1 saturated carbocycles. The first-order valence-corrected chi connectivity index (χ1v) is 9.35. The molecule has 140 valence electrons. The molecular weight excluding hydrogens is 354 g/mol. The predicted molar refractivity (Wildman–Crippen MR) is 103 cm³/mol. The maximum atomic E-state index is 5.34. The van der Waals surface area contributed by atoms with Crippen LogP contribution in [0, 0.1) is 0 Å². The Morgan fingerprint density at radius 1 is 1.11 bits per heavy atom. The SMILES string of the molecule is c1ccc(-n2cc(-c3ccnc(NCc4noc(C5CCC5)n4)n3)cn2)cc1. The lowest BCUT2D eigenvalue weighted by Crippen LogP contribution is -2.09. The summed E-state index contributed by atoms with van der Waals surface area (Å²) >= 11 is 0. The highest BCUT2D eigenvalue weighted by molar-refractivity contribution is 5.58. The molecule has 0 radical (unpaired) electrons. The fourth-order valence-corrected chi connectivity index (χ4v) is 3.10. The molecule has 1 fully saturated rings. The minimum atomic E-state index is 0.420. The topological polar surface area (TPSA) is 94.6 Å². The maximum Gasteiger partial charge on any atom is 0.229 e. The number of hydrogen-bond acceptors (Lipinski definition) is 7. The van der Waals surface area contributed by atoms with Crippen LogP contribution in [0.4, 0.5) is 5.95 Å². The highest BCUT2D eigenvalue weighted by atomic mass is 16.5. The Morgan fingerprint density at radius 2 is 2.00 bits per heavy atom. The largest absolute Gasteiger partial charge is 0.347 e. The number of nitrogens with one attached hydrogen (secondary N) is 1. The van der Waals surface area contributed by atoms with Crippen molar-refractivity contribution < 1.29 is 4.52 Å². The molecule has 28 heavy (non-hydrogen) atoms. The van der Waals surface area contributed by atoms with E-state index in [1.165, 1.54) is 6.42 Å². The van der Waals surface area contributed by atoms with Crippen molar-refractivity contribution in [2.45, 2.75) is 31.7 Å². The van der Waals surface area contributed by atoms with Gasteiger partial charge in [0.05, 0.1) is 24.1 Å². The van der Waals surface area contributed by atoms with E-state index in [1.807, 2.05) is 47.3 Å². The zero-order chi connectivity index (χ0) is 18.8. The molecule has 0 saturated heterocycles. The molecule has 1 aliphatic carbocycles. The average molecular weight is 373 g/mol. The summed E-state index contributed by atoms with van der Waals surface area (Å²) < 4.78 is 7.17. The third-order valence-electron chi connectivity index (χ3n) is 4.90. The van der Waals surface area contributed by atoms with Crippen molar-refractivity contribution in [1.82, 2.24) is 29.9 Å². The minimum absolute atomic E-state index is 0.420. The number of benzene rings is 1. The lowest BCUT2D eigenvalue weighted by molar-refractivity contribution is 0.291. The first-order chi connectivity index (χ1) is 13.8. The second-order valence-electron chi connectivity index (χ2n) is 6.80. The van der Waals surface area contributed by atoms with E-state index in [4.69, 9.17) is 4.52 Å². The third kappa shape index (κ3) is 3.36. The number of nitrogens with zero attached hydrogens (tertiary/aromatic N) is 6. The number of aromatic nitrogens is 6. The molecular formula is C20H19N7O. The highest BCUT2D eigenvalue weighted by Gasteiger charge is 2.25. The summed E-state index contributed by atoms with van der Waals surface area (Å²) in [5, 5.41) is 11.6. The molecule has 0 amide bonds. The molecule has 8 heteroatoms. The van der Waals surface area contributed by atoms with Gasteiger partial charge in [-0.15, -0.1) is 0 Å². The first kappa shape index (κ1) is 16.6. The lowest BCUT2D eigenvalue weighted by atomic mass is 9.85. The standard InChI is InChI=1S/C20H19N7O/c1-2-7-16(8-3-1)27-13-15(11-23-27)17-9-10-21-20(24-17)22-12-18-25-19(28-26-18)14-5-4-6-14/h1-3,7-11,13-14H,4-6,12H2,(H,21,22,24). The van der Waals surface area contributed by atoms with E-state index in [1.54, 1.807) is 12.4 Å². The zero-order valence-electron chi connectivity index (χ0n) is 15.2. The van der Waals surface area contributed by atoms with E-state index in [0.717, 1.165) is 35.7 Å². The van der Waals surface area contributed by atoms with Crippen LogP contribution in [0.25, 0.3) is 16.9 Å². The van der Waals surface area contributed by atoms with Crippen molar-refractivity contribution in [1.29, 1.82) is 0 Å². The molecule has 0 atom stereocenters. The van der Waals surface area contributed by atoms with Crippen molar-refractivity contribution in [2.75, 3.05) is 5.32 Å². The fraction of sp³-hybridized carbons (Fsp3) is 0.250. The van der Waals surface area contributed by atoms with Crippen LogP contribution in [0.3, 0.4) is 0 Å². The number of para-hydroxylation sites is 1. The number of rotatable bonds is 6. The molecule has 8 nitrogen and oxygen atoms in total. The monoisotopic (exact) mass is 373 g/mol. The summed E-state index contributed by atoms with van der Waals surface area (Å²) in [4.78, 5) is 13.3. The summed E-state index contributed by atoms with van der Waals surface area (Å²) in [7, 11) is 0. The molecule has 4 aromatic rings. The van der Waals surface area contributed by atoms with E-state index in [0.29, 0.717) is 24.2 Å². The summed E-state index contributed by atoms with van der Waals surface area (Å²) in [6, 6.07) is 11.8. The predicted octanol–water partition coefficient (Wildman–Crippen LogP) is 3.59. The van der Waals surface area contributed by atoms with Crippen molar-refractivity contribution in [3.05, 3.63) is 66.7 Å². The van der Waals surface area contributed by atoms with Gasteiger partial charge in [0.25, 0.3) is 0 Å². The molecule has 5 rings (SSSR count). The van der Waals surface area contributed by atoms with Gasteiger partial charge in [-0.2, -0.15) is 10.1 Å². The summed E-state index contributed by atoms with van der Waals surface area (Å²) in [5.74, 6) is 2.31. The van der Waals surface area contributed by atoms with Crippen molar-refractivity contribution in [3.8, 4) is 16.9 Å². The second kappa shape index (κ2) is 7.22. The average Bonchev–Trinajstić information content (AvgIpc) is 3.36. The lowest BCUT2D eigenvalue weighted by Gasteiger charge is -2.20. The van der Waals surface area contributed by atoms with Gasteiger partial charge >= 0.3 is 0 Å². The van der Waals surface area contributed by atoms with E-state index in [2.05, 4.69) is 30.5 Å². The summed E-state index contributed by atoms with van der Waals surface area (Å²) in [6.07, 6.45) is 8.98. The molecule has 3 aromatic heterocycles. The first-order valence-electron chi connectivity index (χ1n) is 9.35. The molecule has 0 spiro atoms. The van der Waals surface area contributed by atoms with E-state index in [-0.39, 0.29) is 0 Å². The van der Waals surface area contributed by atoms with Crippen molar-refractivity contribution in [2.24, 2.45) is 0 Å². The van der Waals surface area contributed by atoms with Crippen LogP contribution in [-0.2, 0) is 6.54 Å². The van der Waals surface area contributed by atoms with Gasteiger partial charge in [0.15, 0.2) is 5.82 Å². The normalized spacial score (nSPS) is 14.0. The van der Waals surface area contributed by atoms with Gasteiger partial charge in [0.1, 0.15) is 0 Å². The summed E-state index contributed by atoms with van der Waals surface area (Å²) in [6.45, 7) is 0.420. The van der Waals surface area contributed by atoms with Crippen LogP contribution in [0.15, 0.2) is 59.5 Å². The summed E-state index contributed by atoms with van der Waals surface area (Å²) in [5.41, 5.74) is 2.71. The molecule has 1 aliphatic rings. The third-order valence-corrected chi connectivity index (χ3v) is 4.90. The van der Waals surface area contributed by atoms with Gasteiger partial charge in [0, 0.05) is 23.9 Å². The van der Waals surface area contributed by atoms with Crippen molar-refractivity contribution in [3.63, 3.8) is 0 Å². The van der Waals surface area contributed by atoms with Gasteiger partial charge in [-0.05, 0) is 31.0 Å². The van der Waals surface area contributed by atoms with E-state index >= 15 is 0 Å². The Hall–Kier alpha value is -3.55. The van der Waals surface area contributed by atoms with Crippen LogP contribution >= 0.6 is 0 Å². The van der Waals surface area contributed by atoms with E-state index < -0.39 is 0 Å². The molecule has 0 unspecified atom stereocenters. The van der Waals surface area contributed by atoms with Crippen LogP contribution < -0.4 is 5.32 Å². The van der Waals surface area contributed by atoms with Crippen LogP contribution in [-0.4, -0.2) is 29.9 Å². The second-order valence-corrected chi connectivity index (χ2v) is 6.80.